The molecule has 1 heterocycles. The van der Waals surface area contributed by atoms with Crippen molar-refractivity contribution in [3.8, 4) is 10.4 Å². The highest BCUT2D eigenvalue weighted by Gasteiger charge is 2.02. The third kappa shape index (κ3) is 1.84. The molecule has 0 aliphatic carbocycles. The molecule has 1 aromatic carbocycles. The lowest BCUT2D eigenvalue weighted by Crippen LogP contribution is -1.90. The van der Waals surface area contributed by atoms with E-state index in [9.17, 15) is 0 Å². The van der Waals surface area contributed by atoms with Crippen molar-refractivity contribution in [2.75, 3.05) is 11.5 Å². The number of anilines is 2. The fraction of sp³-hybridized carbons (Fsp3) is 0. The average Bonchev–Trinajstić information content (AvgIpc) is 2.50. The Morgan fingerprint density at radius 1 is 1.00 bits per heavy atom. The van der Waals surface area contributed by atoms with E-state index in [1.165, 1.54) is 11.3 Å². The van der Waals surface area contributed by atoms with Crippen LogP contribution in [0.25, 0.3) is 10.4 Å². The second-order valence-electron chi connectivity index (χ2n) is 2.99. The summed E-state index contributed by atoms with van der Waals surface area (Å²) in [6, 6.07) is 9.33. The van der Waals surface area contributed by atoms with E-state index in [1.54, 1.807) is 6.07 Å². The number of nitrogens with two attached hydrogens (primary N) is 2. The van der Waals surface area contributed by atoms with Crippen LogP contribution < -0.4 is 11.5 Å². The Labute approximate surface area is 91.1 Å². The van der Waals surface area contributed by atoms with E-state index in [4.69, 9.17) is 23.1 Å². The maximum absolute atomic E-state index is 5.85. The molecule has 72 valence electrons. The molecule has 0 spiro atoms. The van der Waals surface area contributed by atoms with Gasteiger partial charge in [-0.1, -0.05) is 11.6 Å². The van der Waals surface area contributed by atoms with Gasteiger partial charge < -0.3 is 11.5 Å². The maximum atomic E-state index is 5.85. The molecule has 0 aliphatic rings. The van der Waals surface area contributed by atoms with Gasteiger partial charge in [-0.3, -0.25) is 0 Å². The van der Waals surface area contributed by atoms with Crippen molar-refractivity contribution in [1.82, 2.24) is 0 Å². The Morgan fingerprint density at radius 2 is 1.64 bits per heavy atom. The first-order chi connectivity index (χ1) is 6.65. The van der Waals surface area contributed by atoms with Gasteiger partial charge in [0.1, 0.15) is 0 Å². The first-order valence-corrected chi connectivity index (χ1v) is 5.26. The fourth-order valence-electron chi connectivity index (χ4n) is 1.29. The molecule has 0 saturated carbocycles. The molecule has 0 saturated heterocycles. The quantitative estimate of drug-likeness (QED) is 0.731. The smallest absolute Gasteiger partial charge is 0.0934 e. The van der Waals surface area contributed by atoms with Gasteiger partial charge in [-0.15, -0.1) is 11.3 Å². The molecule has 4 N–H and O–H groups in total. The Balaban J connectivity index is 2.51. The summed E-state index contributed by atoms with van der Waals surface area (Å²) < 4.78 is 0.765. The van der Waals surface area contributed by atoms with Crippen LogP contribution in [0.5, 0.6) is 0 Å². The lowest BCUT2D eigenvalue weighted by atomic mass is 10.1. The summed E-state index contributed by atoms with van der Waals surface area (Å²) in [5, 5.41) is 0. The van der Waals surface area contributed by atoms with Gasteiger partial charge in [-0.2, -0.15) is 0 Å². The topological polar surface area (TPSA) is 52.0 Å². The summed E-state index contributed by atoms with van der Waals surface area (Å²) in [5.74, 6) is 0. The molecule has 0 atom stereocenters. The number of thiophene rings is 1. The lowest BCUT2D eigenvalue weighted by molar-refractivity contribution is 1.66. The van der Waals surface area contributed by atoms with Gasteiger partial charge in [-0.05, 0) is 35.9 Å². The summed E-state index contributed by atoms with van der Waals surface area (Å²) in [4.78, 5) is 1.08. The van der Waals surface area contributed by atoms with Crippen molar-refractivity contribution >= 4 is 34.3 Å². The Morgan fingerprint density at radius 3 is 2.14 bits per heavy atom. The molecule has 0 aliphatic heterocycles. The minimum absolute atomic E-state index is 0.671. The van der Waals surface area contributed by atoms with E-state index in [1.807, 2.05) is 24.3 Å². The van der Waals surface area contributed by atoms with Gasteiger partial charge in [0.15, 0.2) is 0 Å². The van der Waals surface area contributed by atoms with E-state index in [0.29, 0.717) is 11.4 Å². The molecular weight excluding hydrogens is 216 g/mol. The molecular formula is C10H9ClN2S. The van der Waals surface area contributed by atoms with Crippen LogP contribution in [0.15, 0.2) is 30.3 Å². The minimum atomic E-state index is 0.671. The number of hydrogen-bond donors (Lipinski definition) is 2. The monoisotopic (exact) mass is 224 g/mol. The number of rotatable bonds is 1. The first kappa shape index (κ1) is 9.37. The summed E-state index contributed by atoms with van der Waals surface area (Å²) >= 11 is 7.36. The summed E-state index contributed by atoms with van der Waals surface area (Å²) in [5.41, 5.74) is 13.7. The number of nitrogen functional groups attached to an aromatic ring is 2. The van der Waals surface area contributed by atoms with Crippen molar-refractivity contribution in [3.63, 3.8) is 0 Å². The van der Waals surface area contributed by atoms with Crippen LogP contribution >= 0.6 is 22.9 Å². The summed E-state index contributed by atoms with van der Waals surface area (Å²) in [6.45, 7) is 0. The van der Waals surface area contributed by atoms with Gasteiger partial charge in [-0.25, -0.2) is 0 Å². The Bertz CT molecular complexity index is 445. The number of benzene rings is 1. The third-order valence-corrected chi connectivity index (χ3v) is 3.12. The zero-order chi connectivity index (χ0) is 10.1. The average molecular weight is 225 g/mol. The van der Waals surface area contributed by atoms with Gasteiger partial charge in [0.05, 0.1) is 4.34 Å². The van der Waals surface area contributed by atoms with Crippen molar-refractivity contribution in [2.45, 2.75) is 0 Å². The normalized spacial score (nSPS) is 10.4. The number of hydrogen-bond acceptors (Lipinski definition) is 3. The zero-order valence-corrected chi connectivity index (χ0v) is 8.90. The van der Waals surface area contributed by atoms with E-state index < -0.39 is 0 Å². The van der Waals surface area contributed by atoms with Crippen molar-refractivity contribution < 1.29 is 0 Å². The standard InChI is InChI=1S/C10H9ClN2S/c11-10-2-1-9(14-10)6-3-7(12)5-8(13)4-6/h1-5H,12-13H2. The predicted molar refractivity (Wildman–Crippen MR) is 63.6 cm³/mol. The van der Waals surface area contributed by atoms with Crippen molar-refractivity contribution in [1.29, 1.82) is 0 Å². The van der Waals surface area contributed by atoms with Crippen LogP contribution in [0.4, 0.5) is 11.4 Å². The maximum Gasteiger partial charge on any atom is 0.0934 e. The van der Waals surface area contributed by atoms with Gasteiger partial charge in [0.25, 0.3) is 0 Å². The van der Waals surface area contributed by atoms with Crippen LogP contribution in [0.1, 0.15) is 0 Å². The van der Waals surface area contributed by atoms with Crippen molar-refractivity contribution in [2.24, 2.45) is 0 Å². The van der Waals surface area contributed by atoms with E-state index >= 15 is 0 Å². The lowest BCUT2D eigenvalue weighted by Gasteiger charge is -2.01. The number of halogens is 1. The molecule has 4 heteroatoms. The molecule has 14 heavy (non-hydrogen) atoms. The molecule has 0 bridgehead atoms. The first-order valence-electron chi connectivity index (χ1n) is 4.07. The highest BCUT2D eigenvalue weighted by molar-refractivity contribution is 7.19. The van der Waals surface area contributed by atoms with Crippen LogP contribution in [0, 0.1) is 0 Å². The van der Waals surface area contributed by atoms with Crippen LogP contribution in [0.2, 0.25) is 4.34 Å². The van der Waals surface area contributed by atoms with Gasteiger partial charge >= 0.3 is 0 Å². The Hall–Kier alpha value is -1.19. The van der Waals surface area contributed by atoms with Gasteiger partial charge in [0.2, 0.25) is 0 Å². The molecule has 0 fully saturated rings. The summed E-state index contributed by atoms with van der Waals surface area (Å²) in [6.07, 6.45) is 0. The molecule has 2 nitrogen and oxygen atoms in total. The second kappa shape index (κ2) is 3.52. The van der Waals surface area contributed by atoms with E-state index in [-0.39, 0.29) is 0 Å². The molecule has 0 radical (unpaired) electrons. The third-order valence-electron chi connectivity index (χ3n) is 1.84. The largest absolute Gasteiger partial charge is 0.399 e. The highest BCUT2D eigenvalue weighted by atomic mass is 35.5. The molecule has 1 aromatic heterocycles. The Kier molecular flexibility index (Phi) is 2.35. The fourth-order valence-corrected chi connectivity index (χ4v) is 2.32. The second-order valence-corrected chi connectivity index (χ2v) is 4.71. The summed E-state index contributed by atoms with van der Waals surface area (Å²) in [7, 11) is 0. The van der Waals surface area contributed by atoms with Crippen LogP contribution in [0.3, 0.4) is 0 Å². The van der Waals surface area contributed by atoms with Gasteiger partial charge in [0, 0.05) is 16.3 Å². The zero-order valence-electron chi connectivity index (χ0n) is 7.33. The minimum Gasteiger partial charge on any atom is -0.399 e. The van der Waals surface area contributed by atoms with E-state index in [2.05, 4.69) is 0 Å². The molecule has 2 aromatic rings. The SMILES string of the molecule is Nc1cc(N)cc(-c2ccc(Cl)s2)c1. The predicted octanol–water partition coefficient (Wildman–Crippen LogP) is 3.23. The highest BCUT2D eigenvalue weighted by Crippen LogP contribution is 2.32. The van der Waals surface area contributed by atoms with Crippen LogP contribution in [-0.2, 0) is 0 Å². The molecule has 0 unspecified atom stereocenters. The molecule has 0 amide bonds. The molecule has 2 rings (SSSR count). The van der Waals surface area contributed by atoms with Crippen LogP contribution in [-0.4, -0.2) is 0 Å². The van der Waals surface area contributed by atoms with Crippen molar-refractivity contribution in [3.05, 3.63) is 34.7 Å². The van der Waals surface area contributed by atoms with E-state index in [0.717, 1.165) is 14.8 Å².